The number of carboxylic acids is 2. The first kappa shape index (κ1) is 37.9. The molecular formula is C26H41N5O13. The van der Waals surface area contributed by atoms with Gasteiger partial charge in [-0.15, -0.1) is 0 Å². The minimum absolute atomic E-state index is 0.0694. The third-order valence-corrected chi connectivity index (χ3v) is 6.67. The van der Waals surface area contributed by atoms with Crippen LogP contribution in [0.3, 0.4) is 0 Å². The van der Waals surface area contributed by atoms with E-state index in [1.807, 2.05) is 0 Å². The summed E-state index contributed by atoms with van der Waals surface area (Å²) in [5.74, 6) is -6.71. The molecule has 0 aliphatic heterocycles. The summed E-state index contributed by atoms with van der Waals surface area (Å²) in [6.07, 6.45) is -7.02. The highest BCUT2D eigenvalue weighted by Crippen LogP contribution is 2.29. The summed E-state index contributed by atoms with van der Waals surface area (Å²) in [4.78, 5) is 83.4. The monoisotopic (exact) mass is 631 g/mol. The molecule has 0 bridgehead atoms. The molecule has 18 nitrogen and oxygen atoms in total. The van der Waals surface area contributed by atoms with Gasteiger partial charge in [-0.25, -0.2) is 4.79 Å². The average molecular weight is 632 g/mol. The van der Waals surface area contributed by atoms with Gasteiger partial charge in [-0.3, -0.25) is 28.8 Å². The van der Waals surface area contributed by atoms with E-state index in [1.165, 1.54) is 6.92 Å². The molecule has 0 heterocycles. The number of amides is 5. The number of hydrogen-bond acceptors (Lipinski definition) is 11. The number of carboxylic acid groups (broad SMARTS) is 2. The van der Waals surface area contributed by atoms with Gasteiger partial charge in [-0.05, 0) is 32.6 Å². The summed E-state index contributed by atoms with van der Waals surface area (Å²) in [6.45, 7) is 4.20. The lowest BCUT2D eigenvalue weighted by molar-refractivity contribution is -0.173. The Morgan fingerprint density at radius 2 is 1.39 bits per heavy atom. The van der Waals surface area contributed by atoms with E-state index in [1.54, 1.807) is 0 Å². The van der Waals surface area contributed by atoms with Crippen LogP contribution in [-0.2, 0) is 33.6 Å². The highest BCUT2D eigenvalue weighted by molar-refractivity contribution is 5.95. The molecule has 1 fully saturated rings. The van der Waals surface area contributed by atoms with Gasteiger partial charge in [0.25, 0.3) is 5.91 Å². The molecule has 1 rings (SSSR count). The second kappa shape index (κ2) is 17.9. The number of carbonyl (C=O) groups excluding carboxylic acids is 5. The first-order chi connectivity index (χ1) is 20.5. The van der Waals surface area contributed by atoms with E-state index < -0.39 is 103 Å². The molecule has 0 saturated heterocycles. The Morgan fingerprint density at radius 1 is 0.818 bits per heavy atom. The van der Waals surface area contributed by atoms with Crippen molar-refractivity contribution in [2.75, 3.05) is 19.6 Å². The maximum absolute atomic E-state index is 13.0. The van der Waals surface area contributed by atoms with Crippen LogP contribution < -0.4 is 26.6 Å². The lowest BCUT2D eigenvalue weighted by atomic mass is 9.79. The molecule has 11 N–H and O–H groups in total. The van der Waals surface area contributed by atoms with Crippen LogP contribution in [0.2, 0.25) is 0 Å². The molecule has 248 valence electrons. The highest BCUT2D eigenvalue weighted by atomic mass is 16.4. The van der Waals surface area contributed by atoms with E-state index in [0.717, 1.165) is 0 Å². The number of carbonyl (C=O) groups is 7. The molecule has 5 amide bonds. The van der Waals surface area contributed by atoms with Crippen molar-refractivity contribution in [1.29, 1.82) is 0 Å². The molecule has 0 aromatic heterocycles. The van der Waals surface area contributed by atoms with Crippen molar-refractivity contribution in [2.24, 2.45) is 0 Å². The fourth-order valence-corrected chi connectivity index (χ4v) is 4.13. The Hall–Kier alpha value is -4.13. The van der Waals surface area contributed by atoms with Crippen molar-refractivity contribution in [1.82, 2.24) is 26.6 Å². The smallest absolute Gasteiger partial charge is 0.326 e. The van der Waals surface area contributed by atoms with Crippen LogP contribution in [0.25, 0.3) is 0 Å². The predicted molar refractivity (Wildman–Crippen MR) is 148 cm³/mol. The number of aliphatic carboxylic acids is 2. The molecule has 1 aliphatic carbocycles. The zero-order chi connectivity index (χ0) is 33.6. The molecule has 18 heteroatoms. The summed E-state index contributed by atoms with van der Waals surface area (Å²) in [7, 11) is 0. The van der Waals surface area contributed by atoms with E-state index >= 15 is 0 Å². The number of aliphatic hydroxyl groups excluding tert-OH is 3. The Bertz CT molecular complexity index is 1090. The minimum Gasteiger partial charge on any atom is -0.481 e. The van der Waals surface area contributed by atoms with Crippen LogP contribution in [0.4, 0.5) is 0 Å². The standard InChI is InChI=1S/C26H41N5O13/c1-13(2)22(39)29-12-19(35)28-11-18(34)27-8-4-3-5-14(23(40)30-15(24(41)42)6-7-20(36)37)31-25(43)26(44)9-16(32)21(38)17(33)10-26/h14-17,21,32-33,38,44H,1,3-12H2,2H3,(H,27,34)(H,28,35)(H,29,39)(H,30,40)(H,31,43)(H,36,37)(H,41,42)/t14-,15-,16-,17-,21?,26?/m0/s1. The number of unbranched alkanes of at least 4 members (excludes halogenated alkanes) is 1. The molecule has 4 atom stereocenters. The highest BCUT2D eigenvalue weighted by Gasteiger charge is 2.49. The topological polar surface area (TPSA) is 301 Å². The fraction of sp³-hybridized carbons (Fsp3) is 0.654. The van der Waals surface area contributed by atoms with E-state index in [4.69, 9.17) is 5.11 Å². The van der Waals surface area contributed by atoms with Crippen molar-refractivity contribution >= 4 is 41.5 Å². The van der Waals surface area contributed by atoms with Gasteiger partial charge in [-0.1, -0.05) is 6.58 Å². The van der Waals surface area contributed by atoms with Crippen LogP contribution in [0, 0.1) is 0 Å². The van der Waals surface area contributed by atoms with Crippen molar-refractivity contribution in [3.8, 4) is 0 Å². The molecule has 0 radical (unpaired) electrons. The molecule has 44 heavy (non-hydrogen) atoms. The van der Waals surface area contributed by atoms with Crippen LogP contribution in [-0.4, -0.2) is 128 Å². The molecule has 0 aromatic carbocycles. The van der Waals surface area contributed by atoms with Crippen LogP contribution in [0.15, 0.2) is 12.2 Å². The fourth-order valence-electron chi connectivity index (χ4n) is 4.13. The van der Waals surface area contributed by atoms with Gasteiger partial charge in [0.15, 0.2) is 0 Å². The zero-order valence-corrected chi connectivity index (χ0v) is 24.2. The summed E-state index contributed by atoms with van der Waals surface area (Å²) in [6, 6.07) is -3.07. The summed E-state index contributed by atoms with van der Waals surface area (Å²) in [5.41, 5.74) is -2.17. The third-order valence-electron chi connectivity index (χ3n) is 6.67. The van der Waals surface area contributed by atoms with Gasteiger partial charge in [0.05, 0.1) is 25.3 Å². The molecule has 0 unspecified atom stereocenters. The molecule has 0 aromatic rings. The summed E-state index contributed by atoms with van der Waals surface area (Å²) >= 11 is 0. The second-order valence-corrected chi connectivity index (χ2v) is 10.5. The maximum atomic E-state index is 13.0. The molecule has 0 spiro atoms. The number of hydrogen-bond donors (Lipinski definition) is 11. The largest absolute Gasteiger partial charge is 0.481 e. The van der Waals surface area contributed by atoms with E-state index in [-0.39, 0.29) is 44.5 Å². The van der Waals surface area contributed by atoms with Gasteiger partial charge in [0.1, 0.15) is 23.8 Å². The zero-order valence-electron chi connectivity index (χ0n) is 24.2. The maximum Gasteiger partial charge on any atom is 0.326 e. The van der Waals surface area contributed by atoms with Gasteiger partial charge < -0.3 is 57.2 Å². The summed E-state index contributed by atoms with van der Waals surface area (Å²) in [5, 5.41) is 70.1. The molecular weight excluding hydrogens is 590 g/mol. The Kier molecular flexibility index (Phi) is 15.4. The van der Waals surface area contributed by atoms with Crippen LogP contribution in [0.5, 0.6) is 0 Å². The Balaban J connectivity index is 2.75. The Labute approximate surface area is 252 Å². The average Bonchev–Trinajstić information content (AvgIpc) is 2.94. The number of nitrogens with one attached hydrogen (secondary N) is 5. The van der Waals surface area contributed by atoms with Crippen molar-refractivity contribution in [3.63, 3.8) is 0 Å². The Morgan fingerprint density at radius 3 is 1.93 bits per heavy atom. The molecule has 1 aliphatic rings. The van der Waals surface area contributed by atoms with Crippen molar-refractivity contribution in [2.45, 2.75) is 87.9 Å². The van der Waals surface area contributed by atoms with Gasteiger partial charge in [0, 0.05) is 31.4 Å². The van der Waals surface area contributed by atoms with E-state index in [0.29, 0.717) is 0 Å². The lowest BCUT2D eigenvalue weighted by Crippen LogP contribution is -2.62. The number of aliphatic hydroxyl groups is 4. The predicted octanol–water partition coefficient (Wildman–Crippen LogP) is -4.39. The van der Waals surface area contributed by atoms with E-state index in [9.17, 15) is 59.1 Å². The third kappa shape index (κ3) is 13.0. The van der Waals surface area contributed by atoms with Crippen LogP contribution >= 0.6 is 0 Å². The normalized spacial score (nSPS) is 22.4. The quantitative estimate of drug-likeness (QED) is 0.0504. The minimum atomic E-state index is -2.38. The second-order valence-electron chi connectivity index (χ2n) is 10.5. The SMILES string of the molecule is C=C(C)C(=O)NCC(=O)NCC(=O)NCCCC[C@H](NC(=O)C1(O)C[C@H](O)C(O)[C@@H](O)C1)C(=O)N[C@@H](CCC(=O)O)C(=O)O. The first-order valence-electron chi connectivity index (χ1n) is 13.8. The van der Waals surface area contributed by atoms with Gasteiger partial charge in [0.2, 0.25) is 23.6 Å². The van der Waals surface area contributed by atoms with Gasteiger partial charge in [-0.2, -0.15) is 0 Å². The summed E-state index contributed by atoms with van der Waals surface area (Å²) < 4.78 is 0. The number of rotatable bonds is 18. The van der Waals surface area contributed by atoms with Crippen LogP contribution in [0.1, 0.15) is 51.9 Å². The van der Waals surface area contributed by atoms with E-state index in [2.05, 4.69) is 33.2 Å². The van der Waals surface area contributed by atoms with Crippen molar-refractivity contribution < 1.29 is 64.2 Å². The van der Waals surface area contributed by atoms with Crippen molar-refractivity contribution in [3.05, 3.63) is 12.2 Å². The first-order valence-corrected chi connectivity index (χ1v) is 13.8. The molecule has 1 saturated carbocycles. The van der Waals surface area contributed by atoms with Gasteiger partial charge >= 0.3 is 11.9 Å². The lowest BCUT2D eigenvalue weighted by Gasteiger charge is -2.39.